The zero-order valence-electron chi connectivity index (χ0n) is 13.8. The number of aromatic nitrogens is 3. The number of nitrogens with two attached hydrogens (primary N) is 2. The summed E-state index contributed by atoms with van der Waals surface area (Å²) >= 11 is 5.08. The Kier molecular flexibility index (Phi) is 4.78. The van der Waals surface area contributed by atoms with Gasteiger partial charge in [-0.15, -0.1) is 11.3 Å². The van der Waals surface area contributed by atoms with E-state index in [2.05, 4.69) is 38.4 Å². The predicted molar refractivity (Wildman–Crippen MR) is 110 cm³/mol. The molecular formula is C19H16BrN5S. The molecule has 0 radical (unpaired) electrons. The van der Waals surface area contributed by atoms with Gasteiger partial charge in [-0.25, -0.2) is 9.97 Å². The van der Waals surface area contributed by atoms with E-state index in [1.54, 1.807) is 23.7 Å². The molecule has 0 aliphatic carbocycles. The minimum absolute atomic E-state index is 0.327. The van der Waals surface area contributed by atoms with E-state index in [9.17, 15) is 0 Å². The summed E-state index contributed by atoms with van der Waals surface area (Å²) in [5, 5.41) is 2.10. The van der Waals surface area contributed by atoms with E-state index in [0.29, 0.717) is 12.4 Å². The highest BCUT2D eigenvalue weighted by Crippen LogP contribution is 2.37. The molecule has 7 heteroatoms. The minimum atomic E-state index is -0.336. The number of fused-ring (bicyclic) bond motifs is 1. The molecule has 3 heterocycles. The van der Waals surface area contributed by atoms with E-state index in [0.717, 1.165) is 37.1 Å². The summed E-state index contributed by atoms with van der Waals surface area (Å²) in [6, 6.07) is 11.6. The molecule has 1 unspecified atom stereocenters. The summed E-state index contributed by atoms with van der Waals surface area (Å²) in [5.74, 6) is 0.635. The van der Waals surface area contributed by atoms with Gasteiger partial charge in [0, 0.05) is 39.9 Å². The van der Waals surface area contributed by atoms with Crippen molar-refractivity contribution in [1.82, 2.24) is 15.0 Å². The summed E-state index contributed by atoms with van der Waals surface area (Å²) in [7, 11) is 0. The molecule has 1 aromatic carbocycles. The van der Waals surface area contributed by atoms with Crippen LogP contribution in [0.2, 0.25) is 0 Å². The van der Waals surface area contributed by atoms with Gasteiger partial charge in [0.2, 0.25) is 0 Å². The van der Waals surface area contributed by atoms with E-state index in [-0.39, 0.29) is 6.04 Å². The van der Waals surface area contributed by atoms with Gasteiger partial charge in [-0.05, 0) is 29.8 Å². The molecular weight excluding hydrogens is 410 g/mol. The van der Waals surface area contributed by atoms with E-state index in [1.807, 2.05) is 24.3 Å². The number of benzene rings is 1. The Hall–Kier alpha value is -2.19. The average molecular weight is 426 g/mol. The van der Waals surface area contributed by atoms with Crippen LogP contribution in [0.5, 0.6) is 0 Å². The van der Waals surface area contributed by atoms with E-state index in [1.165, 1.54) is 0 Å². The number of hydrogen-bond donors (Lipinski definition) is 2. The maximum absolute atomic E-state index is 6.25. The van der Waals surface area contributed by atoms with E-state index >= 15 is 0 Å². The average Bonchev–Trinajstić information content (AvgIpc) is 3.12. The molecule has 4 rings (SSSR count). The zero-order valence-corrected chi connectivity index (χ0v) is 16.2. The fourth-order valence-electron chi connectivity index (χ4n) is 2.77. The Labute approximate surface area is 163 Å². The van der Waals surface area contributed by atoms with Crippen LogP contribution in [0.25, 0.3) is 32.7 Å². The monoisotopic (exact) mass is 425 g/mol. The van der Waals surface area contributed by atoms with Gasteiger partial charge in [0.15, 0.2) is 5.82 Å². The molecule has 4 N–H and O–H groups in total. The quantitative estimate of drug-likeness (QED) is 0.512. The highest BCUT2D eigenvalue weighted by Gasteiger charge is 2.19. The van der Waals surface area contributed by atoms with E-state index in [4.69, 9.17) is 21.4 Å². The van der Waals surface area contributed by atoms with Crippen molar-refractivity contribution < 1.29 is 0 Å². The molecule has 0 spiro atoms. The van der Waals surface area contributed by atoms with Gasteiger partial charge in [-0.3, -0.25) is 4.98 Å². The van der Waals surface area contributed by atoms with Crippen molar-refractivity contribution in [3.63, 3.8) is 0 Å². The highest BCUT2D eigenvalue weighted by molar-refractivity contribution is 9.10. The number of thiophene rings is 1. The maximum atomic E-state index is 6.25. The lowest BCUT2D eigenvalue weighted by Crippen LogP contribution is -2.22. The van der Waals surface area contributed by atoms with Crippen molar-refractivity contribution >= 4 is 37.5 Å². The number of hydrogen-bond acceptors (Lipinski definition) is 6. The molecule has 4 aromatic rings. The highest BCUT2D eigenvalue weighted by atomic mass is 79.9. The fourth-order valence-corrected chi connectivity index (χ4v) is 4.10. The molecule has 0 bridgehead atoms. The standard InChI is InChI=1S/C19H16BrN5S/c20-13-3-1-11(2-4-13)14-10-26-18-16(14)24-19(12-5-7-23-8-6-12)25-17(18)15(22)9-21/h1-8,10,15H,9,21-22H2. The van der Waals surface area contributed by atoms with Gasteiger partial charge >= 0.3 is 0 Å². The van der Waals surface area contributed by atoms with Crippen molar-refractivity contribution in [2.75, 3.05) is 6.54 Å². The van der Waals surface area contributed by atoms with Crippen LogP contribution in [0.1, 0.15) is 11.7 Å². The number of halogens is 1. The van der Waals surface area contributed by atoms with Crippen LogP contribution in [-0.2, 0) is 0 Å². The van der Waals surface area contributed by atoms with Crippen LogP contribution in [0.3, 0.4) is 0 Å². The summed E-state index contributed by atoms with van der Waals surface area (Å²) in [6.07, 6.45) is 3.46. The molecule has 0 saturated carbocycles. The van der Waals surface area contributed by atoms with Gasteiger partial charge in [-0.2, -0.15) is 0 Å². The SMILES string of the molecule is NCC(N)c1nc(-c2ccncc2)nc2c(-c3ccc(Br)cc3)csc12. The molecule has 0 saturated heterocycles. The number of pyridine rings is 1. The first kappa shape index (κ1) is 17.2. The Bertz CT molecular complexity index is 1050. The lowest BCUT2D eigenvalue weighted by atomic mass is 10.1. The number of nitrogens with zero attached hydrogens (tertiary/aromatic N) is 3. The van der Waals surface area contributed by atoms with Crippen LogP contribution >= 0.6 is 27.3 Å². The predicted octanol–water partition coefficient (Wildman–Crippen LogP) is 4.14. The molecule has 0 amide bonds. The van der Waals surface area contributed by atoms with Gasteiger partial charge in [0.25, 0.3) is 0 Å². The second-order valence-corrected chi connectivity index (χ2v) is 7.64. The van der Waals surface area contributed by atoms with E-state index < -0.39 is 0 Å². The fraction of sp³-hybridized carbons (Fsp3) is 0.105. The molecule has 130 valence electrons. The first-order valence-corrected chi connectivity index (χ1v) is 9.75. The van der Waals surface area contributed by atoms with Crippen molar-refractivity contribution in [1.29, 1.82) is 0 Å². The largest absolute Gasteiger partial charge is 0.329 e. The lowest BCUT2D eigenvalue weighted by molar-refractivity contribution is 0.718. The third-order valence-electron chi connectivity index (χ3n) is 4.14. The first-order chi connectivity index (χ1) is 12.7. The van der Waals surface area contributed by atoms with Gasteiger partial charge < -0.3 is 11.5 Å². The summed E-state index contributed by atoms with van der Waals surface area (Å²) in [6.45, 7) is 0.327. The third-order valence-corrected chi connectivity index (χ3v) is 5.66. The Balaban J connectivity index is 1.97. The number of rotatable bonds is 4. The normalized spacial score (nSPS) is 12.4. The van der Waals surface area contributed by atoms with Gasteiger partial charge in [-0.1, -0.05) is 28.1 Å². The molecule has 0 aliphatic heterocycles. The smallest absolute Gasteiger partial charge is 0.160 e. The molecule has 3 aromatic heterocycles. The Morgan fingerprint density at radius 3 is 2.42 bits per heavy atom. The van der Waals surface area contributed by atoms with Gasteiger partial charge in [0.1, 0.15) is 0 Å². The Morgan fingerprint density at radius 2 is 1.73 bits per heavy atom. The van der Waals surface area contributed by atoms with Crippen molar-refractivity contribution in [2.24, 2.45) is 11.5 Å². The molecule has 26 heavy (non-hydrogen) atoms. The van der Waals surface area contributed by atoms with Crippen molar-refractivity contribution in [3.05, 3.63) is 64.3 Å². The van der Waals surface area contributed by atoms with Crippen LogP contribution in [0.15, 0.2) is 58.6 Å². The van der Waals surface area contributed by atoms with Gasteiger partial charge in [0.05, 0.1) is 22.0 Å². The molecule has 5 nitrogen and oxygen atoms in total. The lowest BCUT2D eigenvalue weighted by Gasteiger charge is -2.12. The summed E-state index contributed by atoms with van der Waals surface area (Å²) < 4.78 is 2.03. The molecule has 1 atom stereocenters. The molecule has 0 aliphatic rings. The van der Waals surface area contributed by atoms with Crippen LogP contribution in [-0.4, -0.2) is 21.5 Å². The second-order valence-electron chi connectivity index (χ2n) is 5.84. The summed E-state index contributed by atoms with van der Waals surface area (Å²) in [5.41, 5.74) is 16.8. The first-order valence-electron chi connectivity index (χ1n) is 8.08. The Morgan fingerprint density at radius 1 is 1.00 bits per heavy atom. The third kappa shape index (κ3) is 3.14. The van der Waals surface area contributed by atoms with Crippen molar-refractivity contribution in [2.45, 2.75) is 6.04 Å². The van der Waals surface area contributed by atoms with Crippen molar-refractivity contribution in [3.8, 4) is 22.5 Å². The second kappa shape index (κ2) is 7.20. The maximum Gasteiger partial charge on any atom is 0.160 e. The zero-order chi connectivity index (χ0) is 18.1. The summed E-state index contributed by atoms with van der Waals surface area (Å²) in [4.78, 5) is 13.6. The topological polar surface area (TPSA) is 90.7 Å². The molecule has 0 fully saturated rings. The van der Waals surface area contributed by atoms with Crippen LogP contribution in [0, 0.1) is 0 Å². The van der Waals surface area contributed by atoms with Crippen LogP contribution in [0.4, 0.5) is 0 Å². The van der Waals surface area contributed by atoms with Crippen LogP contribution < -0.4 is 11.5 Å². The minimum Gasteiger partial charge on any atom is -0.329 e.